The molecular formula is C21H23ClN2O3. The fourth-order valence-corrected chi connectivity index (χ4v) is 3.60. The molecule has 1 fully saturated rings. The molecule has 142 valence electrons. The molecule has 2 aromatic rings. The van der Waals surface area contributed by atoms with Crippen molar-refractivity contribution >= 4 is 34.8 Å². The van der Waals surface area contributed by atoms with Gasteiger partial charge in [-0.25, -0.2) is 0 Å². The van der Waals surface area contributed by atoms with Gasteiger partial charge < -0.3 is 15.4 Å². The number of carbonyl (C=O) groups excluding carboxylic acids is 2. The number of carbonyl (C=O) groups is 2. The van der Waals surface area contributed by atoms with E-state index in [1.807, 2.05) is 30.3 Å². The molecule has 0 heterocycles. The van der Waals surface area contributed by atoms with Crippen molar-refractivity contribution in [3.05, 3.63) is 53.6 Å². The van der Waals surface area contributed by atoms with Crippen molar-refractivity contribution in [3.8, 4) is 5.75 Å². The number of anilines is 2. The number of para-hydroxylation sites is 2. The number of halogens is 1. The second-order valence-corrected chi connectivity index (χ2v) is 7.17. The van der Waals surface area contributed by atoms with Gasteiger partial charge >= 0.3 is 0 Å². The molecule has 6 heteroatoms. The third-order valence-electron chi connectivity index (χ3n) is 4.93. The summed E-state index contributed by atoms with van der Waals surface area (Å²) in [4.78, 5) is 25.0. The Hall–Kier alpha value is -2.53. The summed E-state index contributed by atoms with van der Waals surface area (Å²) in [7, 11) is 1.58. The minimum Gasteiger partial charge on any atom is -0.495 e. The normalized spacial score (nSPS) is 19.2. The van der Waals surface area contributed by atoms with Gasteiger partial charge in [0.1, 0.15) is 5.75 Å². The fraction of sp³-hybridized carbons (Fsp3) is 0.333. The predicted octanol–water partition coefficient (Wildman–Crippen LogP) is 4.73. The highest BCUT2D eigenvalue weighted by atomic mass is 35.5. The standard InChI is InChI=1S/C21H23ClN2O3/c1-27-19-8-3-2-7-18(19)24-21(26)15-11-9-14(10-12-15)20(25)23-17-6-4-5-16(22)13-17/h2-8,13-15H,9-12H2,1H3,(H,23,25)(H,24,26). The molecule has 0 atom stereocenters. The van der Waals surface area contributed by atoms with E-state index in [1.165, 1.54) is 0 Å². The Labute approximate surface area is 164 Å². The van der Waals surface area contributed by atoms with Crippen LogP contribution in [-0.4, -0.2) is 18.9 Å². The van der Waals surface area contributed by atoms with E-state index >= 15 is 0 Å². The summed E-state index contributed by atoms with van der Waals surface area (Å²) < 4.78 is 5.27. The average molecular weight is 387 g/mol. The quantitative estimate of drug-likeness (QED) is 0.780. The molecule has 0 bridgehead atoms. The summed E-state index contributed by atoms with van der Waals surface area (Å²) in [6.45, 7) is 0. The number of amides is 2. The zero-order valence-electron chi connectivity index (χ0n) is 15.2. The van der Waals surface area contributed by atoms with Gasteiger partial charge in [-0.1, -0.05) is 29.8 Å². The van der Waals surface area contributed by atoms with Gasteiger partial charge in [-0.3, -0.25) is 9.59 Å². The summed E-state index contributed by atoms with van der Waals surface area (Å²) in [5.41, 5.74) is 1.37. The summed E-state index contributed by atoms with van der Waals surface area (Å²) in [6, 6.07) is 14.5. The van der Waals surface area contributed by atoms with Crippen molar-refractivity contribution in [1.82, 2.24) is 0 Å². The van der Waals surface area contributed by atoms with Crippen LogP contribution in [0.15, 0.2) is 48.5 Å². The molecule has 27 heavy (non-hydrogen) atoms. The molecule has 0 saturated heterocycles. The first-order valence-corrected chi connectivity index (χ1v) is 9.45. The van der Waals surface area contributed by atoms with Gasteiger partial charge in [-0.15, -0.1) is 0 Å². The number of hydrogen-bond donors (Lipinski definition) is 2. The molecule has 3 rings (SSSR count). The Kier molecular flexibility index (Phi) is 6.35. The van der Waals surface area contributed by atoms with E-state index in [0.717, 1.165) is 0 Å². The molecular weight excluding hydrogens is 364 g/mol. The number of ether oxygens (including phenoxy) is 1. The average Bonchev–Trinajstić information content (AvgIpc) is 2.68. The Balaban J connectivity index is 1.52. The van der Waals surface area contributed by atoms with Crippen molar-refractivity contribution in [2.24, 2.45) is 11.8 Å². The van der Waals surface area contributed by atoms with Crippen LogP contribution in [0, 0.1) is 11.8 Å². The highest BCUT2D eigenvalue weighted by Crippen LogP contribution is 2.32. The third-order valence-corrected chi connectivity index (χ3v) is 5.16. The lowest BCUT2D eigenvalue weighted by Gasteiger charge is -2.27. The number of benzene rings is 2. The van der Waals surface area contributed by atoms with E-state index in [4.69, 9.17) is 16.3 Å². The SMILES string of the molecule is COc1ccccc1NC(=O)C1CCC(C(=O)Nc2cccc(Cl)c2)CC1. The fourth-order valence-electron chi connectivity index (χ4n) is 3.41. The van der Waals surface area contributed by atoms with E-state index in [9.17, 15) is 9.59 Å². The highest BCUT2D eigenvalue weighted by Gasteiger charge is 2.30. The molecule has 1 saturated carbocycles. The Morgan fingerprint density at radius 1 is 0.926 bits per heavy atom. The van der Waals surface area contributed by atoms with Gasteiger partial charge in [0.25, 0.3) is 0 Å². The molecule has 0 unspecified atom stereocenters. The van der Waals surface area contributed by atoms with Crippen LogP contribution >= 0.6 is 11.6 Å². The highest BCUT2D eigenvalue weighted by molar-refractivity contribution is 6.30. The molecule has 0 radical (unpaired) electrons. The van der Waals surface area contributed by atoms with Crippen molar-refractivity contribution in [3.63, 3.8) is 0 Å². The van der Waals surface area contributed by atoms with E-state index < -0.39 is 0 Å². The van der Waals surface area contributed by atoms with Crippen LogP contribution in [0.25, 0.3) is 0 Å². The molecule has 0 spiro atoms. The maximum absolute atomic E-state index is 12.6. The zero-order chi connectivity index (χ0) is 19.2. The van der Waals surface area contributed by atoms with Crippen LogP contribution in [0.2, 0.25) is 5.02 Å². The lowest BCUT2D eigenvalue weighted by atomic mass is 9.81. The molecule has 0 aliphatic heterocycles. The maximum atomic E-state index is 12.6. The predicted molar refractivity (Wildman–Crippen MR) is 107 cm³/mol. The van der Waals surface area contributed by atoms with Crippen molar-refractivity contribution in [1.29, 1.82) is 0 Å². The van der Waals surface area contributed by atoms with Crippen molar-refractivity contribution in [2.75, 3.05) is 17.7 Å². The van der Waals surface area contributed by atoms with Gasteiger partial charge in [0.05, 0.1) is 12.8 Å². The van der Waals surface area contributed by atoms with Crippen LogP contribution in [0.3, 0.4) is 0 Å². The minimum atomic E-state index is -0.0925. The molecule has 1 aliphatic rings. The van der Waals surface area contributed by atoms with E-state index in [-0.39, 0.29) is 23.7 Å². The Bertz CT molecular complexity index is 817. The number of hydrogen-bond acceptors (Lipinski definition) is 3. The number of methoxy groups -OCH3 is 1. The van der Waals surface area contributed by atoms with E-state index in [2.05, 4.69) is 10.6 Å². The van der Waals surface area contributed by atoms with Gasteiger partial charge in [0.2, 0.25) is 11.8 Å². The van der Waals surface area contributed by atoms with Crippen LogP contribution in [0.5, 0.6) is 5.75 Å². The summed E-state index contributed by atoms with van der Waals surface area (Å²) in [5, 5.41) is 6.44. The lowest BCUT2D eigenvalue weighted by molar-refractivity contribution is -0.125. The number of rotatable bonds is 5. The second kappa shape index (κ2) is 8.91. The molecule has 5 nitrogen and oxygen atoms in total. The molecule has 2 aromatic carbocycles. The van der Waals surface area contributed by atoms with Gasteiger partial charge in [-0.05, 0) is 56.0 Å². The van der Waals surface area contributed by atoms with Gasteiger partial charge in [0.15, 0.2) is 0 Å². The minimum absolute atomic E-state index is 0.0131. The molecule has 2 N–H and O–H groups in total. The molecule has 2 amide bonds. The lowest BCUT2D eigenvalue weighted by Crippen LogP contribution is -2.32. The maximum Gasteiger partial charge on any atom is 0.227 e. The van der Waals surface area contributed by atoms with E-state index in [0.29, 0.717) is 47.8 Å². The van der Waals surface area contributed by atoms with Crippen LogP contribution in [-0.2, 0) is 9.59 Å². The summed E-state index contributed by atoms with van der Waals surface area (Å²) in [6.07, 6.45) is 2.76. The topological polar surface area (TPSA) is 67.4 Å². The zero-order valence-corrected chi connectivity index (χ0v) is 16.0. The van der Waals surface area contributed by atoms with Gasteiger partial charge in [0, 0.05) is 22.5 Å². The Morgan fingerprint density at radius 2 is 1.56 bits per heavy atom. The van der Waals surface area contributed by atoms with Gasteiger partial charge in [-0.2, -0.15) is 0 Å². The van der Waals surface area contributed by atoms with E-state index in [1.54, 1.807) is 25.3 Å². The number of nitrogens with one attached hydrogen (secondary N) is 2. The monoisotopic (exact) mass is 386 g/mol. The summed E-state index contributed by atoms with van der Waals surface area (Å²) in [5.74, 6) is 0.430. The first kappa shape index (κ1) is 19.2. The van der Waals surface area contributed by atoms with Crippen LogP contribution in [0.1, 0.15) is 25.7 Å². The second-order valence-electron chi connectivity index (χ2n) is 6.74. The molecule has 1 aliphatic carbocycles. The smallest absolute Gasteiger partial charge is 0.227 e. The Morgan fingerprint density at radius 3 is 2.19 bits per heavy atom. The van der Waals surface area contributed by atoms with Crippen molar-refractivity contribution < 1.29 is 14.3 Å². The third kappa shape index (κ3) is 5.01. The first-order chi connectivity index (χ1) is 13.1. The molecule has 0 aromatic heterocycles. The summed E-state index contributed by atoms with van der Waals surface area (Å²) >= 11 is 5.95. The first-order valence-electron chi connectivity index (χ1n) is 9.07. The van der Waals surface area contributed by atoms with Crippen LogP contribution in [0.4, 0.5) is 11.4 Å². The van der Waals surface area contributed by atoms with Crippen molar-refractivity contribution in [2.45, 2.75) is 25.7 Å². The largest absolute Gasteiger partial charge is 0.495 e. The van der Waals surface area contributed by atoms with Crippen LogP contribution < -0.4 is 15.4 Å².